The van der Waals surface area contributed by atoms with Crippen molar-refractivity contribution < 1.29 is 14.0 Å². The van der Waals surface area contributed by atoms with E-state index in [1.54, 1.807) is 12.1 Å². The molecule has 2 fully saturated rings. The zero-order valence-electron chi connectivity index (χ0n) is 14.6. The third kappa shape index (κ3) is 3.57. The van der Waals surface area contributed by atoms with Gasteiger partial charge in [-0.25, -0.2) is 9.18 Å². The third-order valence-corrected chi connectivity index (χ3v) is 6.12. The van der Waals surface area contributed by atoms with Gasteiger partial charge in [-0.05, 0) is 60.2 Å². The quantitative estimate of drug-likeness (QED) is 0.545. The summed E-state index contributed by atoms with van der Waals surface area (Å²) >= 11 is 1.49. The highest BCUT2D eigenvalue weighted by atomic mass is 32.2. The summed E-state index contributed by atoms with van der Waals surface area (Å²) < 4.78 is 16.4. The van der Waals surface area contributed by atoms with Crippen molar-refractivity contribution in [3.8, 4) is 11.1 Å². The van der Waals surface area contributed by atoms with E-state index >= 15 is 0 Å². The van der Waals surface area contributed by atoms with E-state index in [4.69, 9.17) is 0 Å². The second-order valence-electron chi connectivity index (χ2n) is 6.95. The van der Waals surface area contributed by atoms with Crippen molar-refractivity contribution in [2.24, 2.45) is 5.92 Å². The number of hydrogen-bond acceptors (Lipinski definition) is 4. The van der Waals surface area contributed by atoms with E-state index < -0.39 is 11.6 Å². The summed E-state index contributed by atoms with van der Waals surface area (Å²) in [7, 11) is 0. The van der Waals surface area contributed by atoms with Crippen molar-refractivity contribution in [3.05, 3.63) is 54.3 Å². The lowest BCUT2D eigenvalue weighted by Gasteiger charge is -2.28. The van der Waals surface area contributed by atoms with Crippen LogP contribution in [0.4, 0.5) is 9.18 Å². The lowest BCUT2D eigenvalue weighted by atomic mass is 9.87. The molecular formula is C20H20FN3O2S. The molecule has 27 heavy (non-hydrogen) atoms. The van der Waals surface area contributed by atoms with Crippen molar-refractivity contribution in [2.45, 2.75) is 29.7 Å². The first-order valence-electron chi connectivity index (χ1n) is 8.96. The topological polar surface area (TPSA) is 70.2 Å². The molecule has 2 aromatic carbocycles. The van der Waals surface area contributed by atoms with E-state index in [1.165, 1.54) is 24.1 Å². The summed E-state index contributed by atoms with van der Waals surface area (Å²) in [6.45, 7) is 0.624. The fraction of sp³-hybridized carbons (Fsp3) is 0.300. The van der Waals surface area contributed by atoms with Crippen LogP contribution in [-0.4, -0.2) is 24.0 Å². The highest BCUT2D eigenvalue weighted by molar-refractivity contribution is 7.97. The average Bonchev–Trinajstić information content (AvgIpc) is 3.19. The molecule has 1 aliphatic heterocycles. The van der Waals surface area contributed by atoms with Gasteiger partial charge in [-0.1, -0.05) is 30.7 Å². The second-order valence-corrected chi connectivity index (χ2v) is 7.92. The molecular weight excluding hydrogens is 365 g/mol. The van der Waals surface area contributed by atoms with Gasteiger partial charge in [0.25, 0.3) is 5.91 Å². The monoisotopic (exact) mass is 385 g/mol. The zero-order valence-corrected chi connectivity index (χ0v) is 15.4. The first kappa shape index (κ1) is 18.0. The predicted octanol–water partition coefficient (Wildman–Crippen LogP) is 3.47. The highest BCUT2D eigenvalue weighted by Crippen LogP contribution is 2.38. The van der Waals surface area contributed by atoms with Crippen LogP contribution in [0.25, 0.3) is 11.1 Å². The SMILES string of the molecule is O=C1NC(=O)C2(CCCC2CNSc2cccc(-c3ccc(F)cc3)c2)N1. The number of amides is 3. The maximum atomic E-state index is 13.1. The number of carbonyl (C=O) groups is 2. The number of imide groups is 1. The average molecular weight is 385 g/mol. The highest BCUT2D eigenvalue weighted by Gasteiger charge is 2.53. The summed E-state index contributed by atoms with van der Waals surface area (Å²) in [6, 6.07) is 14.0. The molecule has 7 heteroatoms. The zero-order chi connectivity index (χ0) is 18.9. The molecule has 1 saturated heterocycles. The number of nitrogens with one attached hydrogen (secondary N) is 3. The van der Waals surface area contributed by atoms with E-state index in [0.717, 1.165) is 28.9 Å². The molecule has 2 aromatic rings. The fourth-order valence-corrected chi connectivity index (χ4v) is 4.71. The van der Waals surface area contributed by atoms with Crippen LogP contribution in [0.5, 0.6) is 0 Å². The minimum Gasteiger partial charge on any atom is -0.323 e. The van der Waals surface area contributed by atoms with Gasteiger partial charge in [-0.3, -0.25) is 14.8 Å². The van der Waals surface area contributed by atoms with E-state index in [1.807, 2.05) is 24.3 Å². The Morgan fingerprint density at radius 3 is 2.70 bits per heavy atom. The second kappa shape index (κ2) is 7.32. The Bertz CT molecular complexity index is 874. The molecule has 3 amide bonds. The number of carbonyl (C=O) groups excluding carboxylic acids is 2. The third-order valence-electron chi connectivity index (χ3n) is 5.32. The van der Waals surface area contributed by atoms with Crippen LogP contribution in [0, 0.1) is 11.7 Å². The van der Waals surface area contributed by atoms with Gasteiger partial charge in [0.05, 0.1) is 0 Å². The molecule has 1 heterocycles. The Balaban J connectivity index is 1.39. The molecule has 5 nitrogen and oxygen atoms in total. The fourth-order valence-electron chi connectivity index (χ4n) is 3.93. The first-order chi connectivity index (χ1) is 13.1. The van der Waals surface area contributed by atoms with Crippen LogP contribution >= 0.6 is 11.9 Å². The van der Waals surface area contributed by atoms with Crippen LogP contribution in [0.3, 0.4) is 0 Å². The number of rotatable bonds is 5. The maximum Gasteiger partial charge on any atom is 0.322 e. The summed E-state index contributed by atoms with van der Waals surface area (Å²) in [6.07, 6.45) is 2.50. The normalized spacial score (nSPS) is 24.3. The van der Waals surface area contributed by atoms with Crippen LogP contribution in [0.2, 0.25) is 0 Å². The predicted molar refractivity (Wildman–Crippen MR) is 102 cm³/mol. The van der Waals surface area contributed by atoms with E-state index in [0.29, 0.717) is 13.0 Å². The lowest BCUT2D eigenvalue weighted by Crippen LogP contribution is -2.52. The van der Waals surface area contributed by atoms with Crippen molar-refractivity contribution in [3.63, 3.8) is 0 Å². The molecule has 1 saturated carbocycles. The number of halogens is 1. The van der Waals surface area contributed by atoms with Gasteiger partial charge in [-0.15, -0.1) is 0 Å². The molecule has 1 spiro atoms. The van der Waals surface area contributed by atoms with Crippen molar-refractivity contribution in [2.75, 3.05) is 6.54 Å². The first-order valence-corrected chi connectivity index (χ1v) is 9.78. The number of urea groups is 1. The van der Waals surface area contributed by atoms with E-state index in [-0.39, 0.29) is 17.6 Å². The molecule has 140 valence electrons. The van der Waals surface area contributed by atoms with Crippen molar-refractivity contribution in [1.29, 1.82) is 0 Å². The summed E-state index contributed by atoms with van der Waals surface area (Å²) in [4.78, 5) is 24.8. The molecule has 2 atom stereocenters. The van der Waals surface area contributed by atoms with Gasteiger partial charge < -0.3 is 5.32 Å². The summed E-state index contributed by atoms with van der Waals surface area (Å²) in [5.41, 5.74) is 1.21. The number of hydrogen-bond donors (Lipinski definition) is 3. The molecule has 2 unspecified atom stereocenters. The number of benzene rings is 2. The Morgan fingerprint density at radius 1 is 1.15 bits per heavy atom. The molecule has 0 aromatic heterocycles. The minimum absolute atomic E-state index is 0.0664. The van der Waals surface area contributed by atoms with Crippen molar-refractivity contribution >= 4 is 23.9 Å². The van der Waals surface area contributed by atoms with Gasteiger partial charge in [0.2, 0.25) is 0 Å². The minimum atomic E-state index is -0.763. The molecule has 3 N–H and O–H groups in total. The van der Waals surface area contributed by atoms with Crippen LogP contribution in [-0.2, 0) is 4.79 Å². The summed E-state index contributed by atoms with van der Waals surface area (Å²) in [5.74, 6) is -0.392. The van der Waals surface area contributed by atoms with E-state index in [9.17, 15) is 14.0 Å². The summed E-state index contributed by atoms with van der Waals surface area (Å²) in [5, 5.41) is 5.20. The van der Waals surface area contributed by atoms with Crippen LogP contribution in [0.15, 0.2) is 53.4 Å². The Kier molecular flexibility index (Phi) is 4.88. The van der Waals surface area contributed by atoms with Crippen LogP contribution in [0.1, 0.15) is 19.3 Å². The molecule has 1 aliphatic carbocycles. The maximum absolute atomic E-state index is 13.1. The standard InChI is InChI=1S/C20H20FN3O2S/c21-16-8-6-13(7-9-16)14-3-1-5-17(11-14)27-22-12-15-4-2-10-20(15)18(25)23-19(26)24-20/h1,3,5-9,11,15,22H,2,4,10,12H2,(H2,23,24,25,26). The Labute approximate surface area is 161 Å². The molecule has 4 rings (SSSR count). The van der Waals surface area contributed by atoms with Gasteiger partial charge in [0, 0.05) is 17.4 Å². The Morgan fingerprint density at radius 2 is 1.96 bits per heavy atom. The van der Waals surface area contributed by atoms with Gasteiger partial charge in [0.1, 0.15) is 11.4 Å². The van der Waals surface area contributed by atoms with Gasteiger partial charge >= 0.3 is 6.03 Å². The van der Waals surface area contributed by atoms with E-state index in [2.05, 4.69) is 15.4 Å². The Hall–Kier alpha value is -2.38. The smallest absolute Gasteiger partial charge is 0.322 e. The van der Waals surface area contributed by atoms with Crippen molar-refractivity contribution in [1.82, 2.24) is 15.4 Å². The van der Waals surface area contributed by atoms with Crippen LogP contribution < -0.4 is 15.4 Å². The lowest BCUT2D eigenvalue weighted by molar-refractivity contribution is -0.125. The molecule has 0 bridgehead atoms. The largest absolute Gasteiger partial charge is 0.323 e. The molecule has 2 aliphatic rings. The molecule has 0 radical (unpaired) electrons. The van der Waals surface area contributed by atoms with Gasteiger partial charge in [-0.2, -0.15) is 0 Å². The van der Waals surface area contributed by atoms with Gasteiger partial charge in [0.15, 0.2) is 0 Å².